The van der Waals surface area contributed by atoms with Crippen LogP contribution in [-0.2, 0) is 22.6 Å². The summed E-state index contributed by atoms with van der Waals surface area (Å²) >= 11 is 0. The van der Waals surface area contributed by atoms with Crippen LogP contribution in [0.5, 0.6) is 0 Å². The zero-order valence-electron chi connectivity index (χ0n) is 31.3. The third-order valence-electron chi connectivity index (χ3n) is 9.98. The van der Waals surface area contributed by atoms with Crippen LogP contribution >= 0.6 is 24.0 Å². The molecule has 1 atom stereocenters. The van der Waals surface area contributed by atoms with E-state index in [4.69, 9.17) is 17.2 Å². The molecule has 1 unspecified atom stereocenters. The minimum atomic E-state index is -1.15. The average Bonchev–Trinajstić information content (AvgIpc) is 3.15. The van der Waals surface area contributed by atoms with E-state index in [9.17, 15) is 14.4 Å². The maximum Gasteiger partial charge on any atom is 0.312 e. The minimum absolute atomic E-state index is 0. The highest BCUT2D eigenvalue weighted by molar-refractivity contribution is 14.0. The average molecular weight is 845 g/mol. The van der Waals surface area contributed by atoms with Crippen molar-refractivity contribution in [2.24, 2.45) is 34.0 Å². The molecule has 12 heteroatoms. The number of hydrogen-bond donors (Lipinski definition) is 5. The zero-order chi connectivity index (χ0) is 37.9. The van der Waals surface area contributed by atoms with Gasteiger partial charge in [0.25, 0.3) is 5.91 Å². The second-order valence-corrected chi connectivity index (χ2v) is 14.2. The van der Waals surface area contributed by atoms with Gasteiger partial charge in [0, 0.05) is 31.4 Å². The summed E-state index contributed by atoms with van der Waals surface area (Å²) in [6, 6.07) is 30.2. The van der Waals surface area contributed by atoms with Gasteiger partial charge < -0.3 is 37.6 Å². The molecule has 5 rings (SSSR count). The van der Waals surface area contributed by atoms with Crippen molar-refractivity contribution < 1.29 is 14.4 Å². The summed E-state index contributed by atoms with van der Waals surface area (Å²) in [7, 11) is 5.91. The lowest BCUT2D eigenvalue weighted by atomic mass is 9.78. The number of rotatable bonds is 14. The molecule has 4 aromatic rings. The van der Waals surface area contributed by atoms with E-state index in [0.717, 1.165) is 60.9 Å². The van der Waals surface area contributed by atoms with E-state index < -0.39 is 18.0 Å². The molecule has 0 aromatic heterocycles. The predicted octanol–water partition coefficient (Wildman–Crippen LogP) is 5.94. The Morgan fingerprint density at radius 1 is 0.759 bits per heavy atom. The number of amides is 4. The third-order valence-corrected chi connectivity index (χ3v) is 9.98. The number of urea groups is 1. The first-order valence-corrected chi connectivity index (χ1v) is 18.2. The van der Waals surface area contributed by atoms with Gasteiger partial charge in [0.05, 0.1) is 11.6 Å². The van der Waals surface area contributed by atoms with Crippen LogP contribution in [0, 0.1) is 11.8 Å². The van der Waals surface area contributed by atoms with Gasteiger partial charge in [-0.25, -0.2) is 9.79 Å². The Balaban J connectivity index is 0.00000650. The summed E-state index contributed by atoms with van der Waals surface area (Å²) in [6.07, 6.45) is 5.23. The number of likely N-dealkylation sites (N-methyl/N-ethyl adjacent to an activating group) is 1. The topological polar surface area (TPSA) is 172 Å². The molecule has 54 heavy (non-hydrogen) atoms. The number of nitrogens with zero attached hydrogens (tertiary/aromatic N) is 3. The molecular weight excluding hydrogens is 791 g/mol. The number of carbonyl (C=O) groups is 3. The maximum atomic E-state index is 14.8. The Hall–Kier alpha value is -4.95. The number of aliphatic imine (C=N–C) groups is 1. The molecule has 0 heterocycles. The van der Waals surface area contributed by atoms with Gasteiger partial charge in [0.2, 0.25) is 5.91 Å². The summed E-state index contributed by atoms with van der Waals surface area (Å²) in [4.78, 5) is 49.0. The molecule has 8 N–H and O–H groups in total. The normalized spacial score (nSPS) is 15.8. The number of primary amides is 1. The molecule has 0 aliphatic heterocycles. The SMILES string of the molecule is CN(C)CC1CCC(Cc2cccc(C(NC(=O)C(c3ccccc3)c3ccccc3)C(=O)N(C)c3ccc(CNC(N)=O)cc3)c2N=C(N)N)CC1.I. The monoisotopic (exact) mass is 844 g/mol. The standard InChI is InChI=1S/C42H52N8O3.HI/c1-49(2)27-30-19-17-28(18-20-30)25-33-15-10-16-35(37(33)48-41(43)44)38(40(52)50(3)34-23-21-29(22-24-34)26-46-42(45)53)47-39(51)36(31-11-6-4-7-12-31)32-13-8-5-9-14-32;/h4-16,21-24,28,30,36,38H,17-20,25-27H2,1-3H3,(H,47,51)(H4,43,44,48)(H3,45,46,53);1H. The summed E-state index contributed by atoms with van der Waals surface area (Å²) in [5.41, 5.74) is 22.3. The number of nitrogens with two attached hydrogens (primary N) is 3. The summed E-state index contributed by atoms with van der Waals surface area (Å²) in [6.45, 7) is 1.33. The molecule has 1 fully saturated rings. The van der Waals surface area contributed by atoms with Crippen molar-refractivity contribution in [3.8, 4) is 0 Å². The van der Waals surface area contributed by atoms with Crippen LogP contribution < -0.4 is 32.7 Å². The van der Waals surface area contributed by atoms with Crippen molar-refractivity contribution in [1.29, 1.82) is 0 Å². The van der Waals surface area contributed by atoms with E-state index in [-0.39, 0.29) is 48.3 Å². The highest BCUT2D eigenvalue weighted by Crippen LogP contribution is 2.38. The van der Waals surface area contributed by atoms with E-state index in [0.29, 0.717) is 28.8 Å². The first kappa shape index (κ1) is 41.8. The Kier molecular flexibility index (Phi) is 15.4. The lowest BCUT2D eigenvalue weighted by molar-refractivity contribution is -0.128. The van der Waals surface area contributed by atoms with Crippen LogP contribution in [0.3, 0.4) is 0 Å². The number of nitrogens with one attached hydrogen (secondary N) is 2. The van der Waals surface area contributed by atoms with Crippen LogP contribution in [0.25, 0.3) is 0 Å². The minimum Gasteiger partial charge on any atom is -0.370 e. The van der Waals surface area contributed by atoms with Gasteiger partial charge in [-0.2, -0.15) is 0 Å². The first-order chi connectivity index (χ1) is 25.5. The Labute approximate surface area is 335 Å². The fourth-order valence-corrected chi connectivity index (χ4v) is 7.35. The Morgan fingerprint density at radius 3 is 1.87 bits per heavy atom. The molecule has 0 spiro atoms. The number of benzene rings is 4. The highest BCUT2D eigenvalue weighted by Gasteiger charge is 2.33. The largest absolute Gasteiger partial charge is 0.370 e. The molecular formula is C42H53IN8O3. The number of hydrogen-bond acceptors (Lipinski definition) is 5. The summed E-state index contributed by atoms with van der Waals surface area (Å²) in [5, 5.41) is 5.72. The van der Waals surface area contributed by atoms with Crippen molar-refractivity contribution in [2.45, 2.75) is 50.6 Å². The number of guanidine groups is 1. The predicted molar refractivity (Wildman–Crippen MR) is 227 cm³/mol. The molecule has 0 bridgehead atoms. The molecule has 1 saturated carbocycles. The van der Waals surface area contributed by atoms with E-state index in [1.807, 2.05) is 91.0 Å². The van der Waals surface area contributed by atoms with Crippen molar-refractivity contribution in [2.75, 3.05) is 32.6 Å². The molecule has 0 radical (unpaired) electrons. The highest BCUT2D eigenvalue weighted by atomic mass is 127. The van der Waals surface area contributed by atoms with Crippen LogP contribution in [0.1, 0.15) is 65.5 Å². The van der Waals surface area contributed by atoms with Gasteiger partial charge in [-0.05, 0) is 92.4 Å². The number of para-hydroxylation sites is 1. The fraction of sp³-hybridized carbons (Fsp3) is 0.333. The van der Waals surface area contributed by atoms with Crippen LogP contribution in [0.15, 0.2) is 108 Å². The molecule has 4 aromatic carbocycles. The molecule has 0 saturated heterocycles. The molecule has 1 aliphatic carbocycles. The molecule has 11 nitrogen and oxygen atoms in total. The lowest BCUT2D eigenvalue weighted by Gasteiger charge is -2.31. The third kappa shape index (κ3) is 11.3. The van der Waals surface area contributed by atoms with Crippen LogP contribution in [0.4, 0.5) is 16.2 Å². The maximum absolute atomic E-state index is 14.8. The van der Waals surface area contributed by atoms with Crippen LogP contribution in [-0.4, -0.2) is 56.4 Å². The van der Waals surface area contributed by atoms with Crippen molar-refractivity contribution in [1.82, 2.24) is 15.5 Å². The number of carbonyl (C=O) groups excluding carboxylic acids is 3. The summed E-state index contributed by atoms with van der Waals surface area (Å²) in [5.74, 6) is -0.441. The fourth-order valence-electron chi connectivity index (χ4n) is 7.35. The summed E-state index contributed by atoms with van der Waals surface area (Å²) < 4.78 is 0. The molecule has 286 valence electrons. The first-order valence-electron chi connectivity index (χ1n) is 18.2. The van der Waals surface area contributed by atoms with Crippen molar-refractivity contribution in [3.63, 3.8) is 0 Å². The van der Waals surface area contributed by atoms with Gasteiger partial charge in [-0.1, -0.05) is 91.0 Å². The molecule has 4 amide bonds. The Morgan fingerprint density at radius 2 is 1.33 bits per heavy atom. The molecule has 1 aliphatic rings. The Bertz CT molecular complexity index is 1820. The van der Waals surface area contributed by atoms with Gasteiger partial charge in [-0.3, -0.25) is 9.59 Å². The second-order valence-electron chi connectivity index (χ2n) is 14.2. The van der Waals surface area contributed by atoms with Gasteiger partial charge in [-0.15, -0.1) is 24.0 Å². The van der Waals surface area contributed by atoms with E-state index >= 15 is 0 Å². The second kappa shape index (κ2) is 19.9. The number of halogens is 1. The number of anilines is 1. The van der Waals surface area contributed by atoms with E-state index in [1.165, 1.54) is 4.90 Å². The van der Waals surface area contributed by atoms with Crippen molar-refractivity contribution >= 4 is 59.2 Å². The lowest BCUT2D eigenvalue weighted by Crippen LogP contribution is -2.43. The van der Waals surface area contributed by atoms with Crippen LogP contribution in [0.2, 0.25) is 0 Å². The van der Waals surface area contributed by atoms with Gasteiger partial charge in [0.15, 0.2) is 5.96 Å². The van der Waals surface area contributed by atoms with E-state index in [2.05, 4.69) is 34.6 Å². The zero-order valence-corrected chi connectivity index (χ0v) is 33.6. The smallest absolute Gasteiger partial charge is 0.312 e. The quantitative estimate of drug-likeness (QED) is 0.0598. The van der Waals surface area contributed by atoms with Gasteiger partial charge >= 0.3 is 6.03 Å². The van der Waals surface area contributed by atoms with Crippen molar-refractivity contribution in [3.05, 3.63) is 131 Å². The van der Waals surface area contributed by atoms with E-state index in [1.54, 1.807) is 19.2 Å². The van der Waals surface area contributed by atoms with Gasteiger partial charge in [0.1, 0.15) is 6.04 Å².